The first-order valence-corrected chi connectivity index (χ1v) is 7.24. The van der Waals surface area contributed by atoms with Gasteiger partial charge in [-0.2, -0.15) is 0 Å². The van der Waals surface area contributed by atoms with Gasteiger partial charge in [0.15, 0.2) is 0 Å². The Labute approximate surface area is 124 Å². The Bertz CT molecular complexity index is 523. The largest absolute Gasteiger partial charge is 0.393 e. The summed E-state index contributed by atoms with van der Waals surface area (Å²) in [4.78, 5) is 12.5. The molecule has 1 fully saturated rings. The number of carbonyl (C=O) groups excluding carboxylic acids is 1. The van der Waals surface area contributed by atoms with Gasteiger partial charge in [-0.3, -0.25) is 4.79 Å². The van der Waals surface area contributed by atoms with Crippen molar-refractivity contribution in [3.63, 3.8) is 0 Å². The van der Waals surface area contributed by atoms with Crippen LogP contribution >= 0.6 is 28.1 Å². The van der Waals surface area contributed by atoms with Crippen LogP contribution in [0.2, 0.25) is 0 Å². The van der Waals surface area contributed by atoms with Gasteiger partial charge in [0.05, 0.1) is 10.6 Å². The number of hydrogen-bond acceptors (Lipinski definition) is 2. The number of nitrogens with one attached hydrogen (secondary N) is 1. The molecule has 1 aromatic rings. The van der Waals surface area contributed by atoms with Gasteiger partial charge in [0.25, 0.3) is 5.91 Å². The van der Waals surface area contributed by atoms with Crippen molar-refractivity contribution in [1.29, 1.82) is 0 Å². The summed E-state index contributed by atoms with van der Waals surface area (Å²) in [7, 11) is 0. The lowest BCUT2D eigenvalue weighted by atomic mass is 10.0. The van der Waals surface area contributed by atoms with Crippen LogP contribution in [-0.4, -0.2) is 16.9 Å². The number of carbonyl (C=O) groups is 1. The molecule has 1 saturated carbocycles. The summed E-state index contributed by atoms with van der Waals surface area (Å²) < 4.78 is 14.3. The lowest BCUT2D eigenvalue weighted by Crippen LogP contribution is -2.41. The van der Waals surface area contributed by atoms with E-state index in [1.54, 1.807) is 6.07 Å². The zero-order valence-corrected chi connectivity index (χ0v) is 12.6. The molecular formula is C13H14BrFN2OS. The van der Waals surface area contributed by atoms with E-state index in [0.717, 1.165) is 19.3 Å². The Morgan fingerprint density at radius 2 is 2.21 bits per heavy atom. The van der Waals surface area contributed by atoms with Gasteiger partial charge in [-0.25, -0.2) is 4.39 Å². The van der Waals surface area contributed by atoms with Crippen molar-refractivity contribution in [2.45, 2.75) is 25.3 Å². The van der Waals surface area contributed by atoms with Gasteiger partial charge >= 0.3 is 0 Å². The molecule has 6 heteroatoms. The lowest BCUT2D eigenvalue weighted by molar-refractivity contribution is 0.0929. The van der Waals surface area contributed by atoms with Crippen molar-refractivity contribution in [3.05, 3.63) is 34.1 Å². The highest BCUT2D eigenvalue weighted by Crippen LogP contribution is 2.26. The molecule has 3 nitrogen and oxygen atoms in total. The first-order valence-electron chi connectivity index (χ1n) is 6.04. The summed E-state index contributed by atoms with van der Waals surface area (Å²) in [6, 6.07) is 4.28. The fourth-order valence-electron chi connectivity index (χ4n) is 2.39. The minimum atomic E-state index is -0.545. The summed E-state index contributed by atoms with van der Waals surface area (Å²) >= 11 is 8.15. The van der Waals surface area contributed by atoms with Gasteiger partial charge in [-0.05, 0) is 31.0 Å². The molecule has 0 spiro atoms. The number of hydrogen-bond donors (Lipinski definition) is 2. The van der Waals surface area contributed by atoms with E-state index < -0.39 is 11.7 Å². The molecule has 1 aromatic carbocycles. The Morgan fingerprint density at radius 1 is 1.47 bits per heavy atom. The SMILES string of the molecule is NC(=S)C1CCCC1NC(=O)c1ccc(Br)cc1F. The number of rotatable bonds is 3. The van der Waals surface area contributed by atoms with Gasteiger partial charge in [0.2, 0.25) is 0 Å². The molecule has 0 aliphatic heterocycles. The molecule has 3 N–H and O–H groups in total. The molecule has 0 radical (unpaired) electrons. The molecule has 1 aliphatic rings. The van der Waals surface area contributed by atoms with Gasteiger partial charge in [-0.1, -0.05) is 34.6 Å². The van der Waals surface area contributed by atoms with Crippen LogP contribution in [0, 0.1) is 11.7 Å². The first kappa shape index (κ1) is 14.4. The third-order valence-corrected chi connectivity index (χ3v) is 4.17. The van der Waals surface area contributed by atoms with E-state index in [0.29, 0.717) is 9.46 Å². The van der Waals surface area contributed by atoms with Crippen molar-refractivity contribution < 1.29 is 9.18 Å². The average molecular weight is 345 g/mol. The second-order valence-electron chi connectivity index (χ2n) is 4.64. The maximum atomic E-state index is 13.7. The topological polar surface area (TPSA) is 55.1 Å². The Morgan fingerprint density at radius 3 is 2.84 bits per heavy atom. The zero-order chi connectivity index (χ0) is 14.0. The molecule has 0 aromatic heterocycles. The molecule has 0 heterocycles. The third kappa shape index (κ3) is 3.30. The Kier molecular flexibility index (Phi) is 4.52. The smallest absolute Gasteiger partial charge is 0.254 e. The summed E-state index contributed by atoms with van der Waals surface area (Å²) in [6.45, 7) is 0. The van der Waals surface area contributed by atoms with Crippen molar-refractivity contribution in [2.75, 3.05) is 0 Å². The fourth-order valence-corrected chi connectivity index (χ4v) is 3.01. The summed E-state index contributed by atoms with van der Waals surface area (Å²) in [5, 5.41) is 2.83. The quantitative estimate of drug-likeness (QED) is 0.829. The van der Waals surface area contributed by atoms with Crippen molar-refractivity contribution >= 4 is 39.0 Å². The maximum Gasteiger partial charge on any atom is 0.254 e. The predicted octanol–water partition coefficient (Wildman–Crippen LogP) is 2.77. The van der Waals surface area contributed by atoms with E-state index in [4.69, 9.17) is 18.0 Å². The maximum absolute atomic E-state index is 13.7. The molecular weight excluding hydrogens is 331 g/mol. The normalized spacial score (nSPS) is 22.2. The predicted molar refractivity (Wildman–Crippen MR) is 79.5 cm³/mol. The molecule has 0 bridgehead atoms. The number of benzene rings is 1. The van der Waals surface area contributed by atoms with Crippen LogP contribution < -0.4 is 11.1 Å². The van der Waals surface area contributed by atoms with Gasteiger partial charge in [0.1, 0.15) is 5.82 Å². The molecule has 1 aliphatic carbocycles. The minimum Gasteiger partial charge on any atom is -0.393 e. The molecule has 102 valence electrons. The van der Waals surface area contributed by atoms with Crippen LogP contribution in [0.4, 0.5) is 4.39 Å². The van der Waals surface area contributed by atoms with Crippen LogP contribution in [0.15, 0.2) is 22.7 Å². The van der Waals surface area contributed by atoms with Gasteiger partial charge in [0, 0.05) is 16.4 Å². The lowest BCUT2D eigenvalue weighted by Gasteiger charge is -2.20. The van der Waals surface area contributed by atoms with Crippen molar-refractivity contribution in [3.8, 4) is 0 Å². The van der Waals surface area contributed by atoms with Crippen molar-refractivity contribution in [2.24, 2.45) is 11.7 Å². The van der Waals surface area contributed by atoms with Crippen molar-refractivity contribution in [1.82, 2.24) is 5.32 Å². The summed E-state index contributed by atoms with van der Waals surface area (Å²) in [5.41, 5.74) is 5.69. The standard InChI is InChI=1S/C13H14BrFN2OS/c14-7-4-5-8(10(15)6-7)13(18)17-11-3-1-2-9(11)12(16)19/h4-6,9,11H,1-3H2,(H2,16,19)(H,17,18). The molecule has 1 amide bonds. The fraction of sp³-hybridized carbons (Fsp3) is 0.385. The number of halogens is 2. The van der Waals surface area contributed by atoms with Crippen LogP contribution in [0.5, 0.6) is 0 Å². The van der Waals surface area contributed by atoms with Gasteiger partial charge < -0.3 is 11.1 Å². The van der Waals surface area contributed by atoms with E-state index in [1.165, 1.54) is 12.1 Å². The number of thiocarbonyl (C=S) groups is 1. The van der Waals surface area contributed by atoms with E-state index in [9.17, 15) is 9.18 Å². The van der Waals surface area contributed by atoms with E-state index in [1.807, 2.05) is 0 Å². The highest BCUT2D eigenvalue weighted by atomic mass is 79.9. The highest BCUT2D eigenvalue weighted by Gasteiger charge is 2.31. The van der Waals surface area contributed by atoms with E-state index in [2.05, 4.69) is 21.2 Å². The Balaban J connectivity index is 2.10. The van der Waals surface area contributed by atoms with E-state index >= 15 is 0 Å². The second-order valence-corrected chi connectivity index (χ2v) is 6.03. The van der Waals surface area contributed by atoms with Crippen LogP contribution in [-0.2, 0) is 0 Å². The molecule has 19 heavy (non-hydrogen) atoms. The molecule has 2 atom stereocenters. The monoisotopic (exact) mass is 344 g/mol. The number of amides is 1. The van der Waals surface area contributed by atoms with E-state index in [-0.39, 0.29) is 17.5 Å². The minimum absolute atomic E-state index is 0.0115. The van der Waals surface area contributed by atoms with Gasteiger partial charge in [-0.15, -0.1) is 0 Å². The summed E-state index contributed by atoms with van der Waals surface area (Å²) in [5.74, 6) is -0.952. The average Bonchev–Trinajstić information content (AvgIpc) is 2.76. The Hall–Kier alpha value is -1.01. The summed E-state index contributed by atoms with van der Waals surface area (Å²) in [6.07, 6.45) is 2.67. The highest BCUT2D eigenvalue weighted by molar-refractivity contribution is 9.10. The third-order valence-electron chi connectivity index (χ3n) is 3.37. The van der Waals surface area contributed by atoms with Crippen LogP contribution in [0.3, 0.4) is 0 Å². The molecule has 2 unspecified atom stereocenters. The van der Waals surface area contributed by atoms with Crippen LogP contribution in [0.1, 0.15) is 29.6 Å². The number of nitrogens with two attached hydrogens (primary N) is 1. The molecule has 2 rings (SSSR count). The first-order chi connectivity index (χ1) is 8.99. The molecule has 0 saturated heterocycles. The zero-order valence-electron chi connectivity index (χ0n) is 10.2. The second kappa shape index (κ2) is 5.96. The van der Waals surface area contributed by atoms with Crippen LogP contribution in [0.25, 0.3) is 0 Å².